The van der Waals surface area contributed by atoms with Gasteiger partial charge in [0.05, 0.1) is 16.3 Å². The molecule has 11 heteroatoms. The van der Waals surface area contributed by atoms with Gasteiger partial charge in [0.15, 0.2) is 0 Å². The Morgan fingerprint density at radius 1 is 0.879 bits per heavy atom. The van der Waals surface area contributed by atoms with Crippen LogP contribution >= 0.6 is 0 Å². The van der Waals surface area contributed by atoms with E-state index in [1.54, 1.807) is 24.3 Å². The third-order valence-electron chi connectivity index (χ3n) is 5.04. The molecule has 1 fully saturated rings. The Morgan fingerprint density at radius 3 is 2.06 bits per heavy atom. The van der Waals surface area contributed by atoms with Gasteiger partial charge in [-0.1, -0.05) is 0 Å². The van der Waals surface area contributed by atoms with Crippen molar-refractivity contribution in [1.29, 1.82) is 0 Å². The molecule has 4 rings (SSSR count). The monoisotopic (exact) mass is 489 g/mol. The summed E-state index contributed by atoms with van der Waals surface area (Å²) in [6.07, 6.45) is 0.580. The van der Waals surface area contributed by atoms with Gasteiger partial charge in [-0.2, -0.15) is 0 Å². The quantitative estimate of drug-likeness (QED) is 0.551. The maximum atomic E-state index is 13.0. The molecule has 172 valence electrons. The summed E-state index contributed by atoms with van der Waals surface area (Å²) in [5.74, 6) is -0.828. The van der Waals surface area contributed by atoms with Crippen LogP contribution in [0.1, 0.15) is 16.8 Å². The molecule has 1 aliphatic rings. The van der Waals surface area contributed by atoms with Crippen LogP contribution < -0.4 is 14.3 Å². The van der Waals surface area contributed by atoms with Gasteiger partial charge in [-0.15, -0.1) is 0 Å². The SMILES string of the molecule is O=C(Nc1ccc(N2CCCS2(=O)=O)cc1)c1ccc(NS(=O)(=O)c2ccc(F)cc2)cc1. The van der Waals surface area contributed by atoms with Crippen LogP contribution in [0.5, 0.6) is 0 Å². The Bertz CT molecular complexity index is 1370. The van der Waals surface area contributed by atoms with Crippen molar-refractivity contribution in [3.05, 3.63) is 84.2 Å². The molecule has 0 bridgehead atoms. The van der Waals surface area contributed by atoms with Crippen molar-refractivity contribution in [3.63, 3.8) is 0 Å². The molecule has 0 aromatic heterocycles. The first-order valence-electron chi connectivity index (χ1n) is 9.94. The van der Waals surface area contributed by atoms with E-state index in [0.717, 1.165) is 24.3 Å². The van der Waals surface area contributed by atoms with Crippen molar-refractivity contribution in [2.45, 2.75) is 11.3 Å². The lowest BCUT2D eigenvalue weighted by molar-refractivity contribution is 0.102. The van der Waals surface area contributed by atoms with Crippen molar-refractivity contribution in [3.8, 4) is 0 Å². The molecule has 1 saturated heterocycles. The highest BCUT2D eigenvalue weighted by molar-refractivity contribution is 7.93. The Kier molecular flexibility index (Phi) is 6.09. The topological polar surface area (TPSA) is 113 Å². The highest BCUT2D eigenvalue weighted by Crippen LogP contribution is 2.25. The van der Waals surface area contributed by atoms with Gasteiger partial charge < -0.3 is 5.32 Å². The van der Waals surface area contributed by atoms with Crippen LogP contribution in [0.4, 0.5) is 21.5 Å². The van der Waals surface area contributed by atoms with E-state index in [1.807, 2.05) is 0 Å². The zero-order valence-electron chi connectivity index (χ0n) is 17.2. The molecule has 0 atom stereocenters. The first-order valence-corrected chi connectivity index (χ1v) is 13.0. The number of benzene rings is 3. The zero-order valence-corrected chi connectivity index (χ0v) is 18.9. The second-order valence-electron chi connectivity index (χ2n) is 7.38. The number of carbonyl (C=O) groups is 1. The lowest BCUT2D eigenvalue weighted by Gasteiger charge is -2.17. The van der Waals surface area contributed by atoms with Gasteiger partial charge in [-0.25, -0.2) is 21.2 Å². The number of halogens is 1. The maximum Gasteiger partial charge on any atom is 0.261 e. The van der Waals surface area contributed by atoms with Gasteiger partial charge in [-0.3, -0.25) is 13.8 Å². The number of hydrogen-bond donors (Lipinski definition) is 2. The molecule has 3 aromatic carbocycles. The number of nitrogens with zero attached hydrogens (tertiary/aromatic N) is 1. The average Bonchev–Trinajstić information content (AvgIpc) is 3.14. The van der Waals surface area contributed by atoms with Crippen LogP contribution in [0.2, 0.25) is 0 Å². The molecule has 0 saturated carbocycles. The van der Waals surface area contributed by atoms with Crippen LogP contribution in [-0.2, 0) is 20.0 Å². The van der Waals surface area contributed by atoms with E-state index in [9.17, 15) is 26.0 Å². The van der Waals surface area contributed by atoms with Crippen LogP contribution in [0.25, 0.3) is 0 Å². The molecular formula is C22H20FN3O5S2. The Morgan fingerprint density at radius 2 is 1.48 bits per heavy atom. The lowest BCUT2D eigenvalue weighted by Crippen LogP contribution is -2.24. The fraction of sp³-hybridized carbons (Fsp3) is 0.136. The van der Waals surface area contributed by atoms with Gasteiger partial charge in [-0.05, 0) is 79.2 Å². The summed E-state index contributed by atoms with van der Waals surface area (Å²) in [5, 5.41) is 2.71. The van der Waals surface area contributed by atoms with Crippen molar-refractivity contribution < 1.29 is 26.0 Å². The van der Waals surface area contributed by atoms with Crippen LogP contribution in [0.3, 0.4) is 0 Å². The van der Waals surface area contributed by atoms with Crippen LogP contribution in [-0.4, -0.2) is 35.0 Å². The first-order chi connectivity index (χ1) is 15.6. The van der Waals surface area contributed by atoms with Gasteiger partial charge in [0, 0.05) is 23.5 Å². The minimum absolute atomic E-state index is 0.0871. The van der Waals surface area contributed by atoms with Crippen LogP contribution in [0.15, 0.2) is 77.7 Å². The van der Waals surface area contributed by atoms with Gasteiger partial charge >= 0.3 is 0 Å². The number of rotatable bonds is 6. The number of hydrogen-bond acceptors (Lipinski definition) is 5. The Labute approximate surface area is 191 Å². The second-order valence-corrected chi connectivity index (χ2v) is 11.1. The number of nitrogens with one attached hydrogen (secondary N) is 2. The molecule has 1 amide bonds. The highest BCUT2D eigenvalue weighted by atomic mass is 32.2. The molecule has 33 heavy (non-hydrogen) atoms. The Hall–Kier alpha value is -3.44. The largest absolute Gasteiger partial charge is 0.322 e. The molecule has 0 unspecified atom stereocenters. The summed E-state index contributed by atoms with van der Waals surface area (Å²) in [4.78, 5) is 12.4. The molecule has 8 nitrogen and oxygen atoms in total. The summed E-state index contributed by atoms with van der Waals surface area (Å²) in [6.45, 7) is 0.436. The smallest absolute Gasteiger partial charge is 0.261 e. The molecule has 1 heterocycles. The second kappa shape index (κ2) is 8.83. The van der Waals surface area contributed by atoms with E-state index >= 15 is 0 Å². The Balaban J connectivity index is 1.41. The summed E-state index contributed by atoms with van der Waals surface area (Å²) >= 11 is 0. The van der Waals surface area contributed by atoms with Crippen molar-refractivity contribution in [2.24, 2.45) is 0 Å². The van der Waals surface area contributed by atoms with E-state index in [2.05, 4.69) is 10.0 Å². The van der Waals surface area contributed by atoms with Gasteiger partial charge in [0.1, 0.15) is 5.82 Å². The number of sulfonamides is 2. The van der Waals surface area contributed by atoms with Gasteiger partial charge in [0.2, 0.25) is 10.0 Å². The number of amides is 1. The van der Waals surface area contributed by atoms with Gasteiger partial charge in [0.25, 0.3) is 15.9 Å². The minimum atomic E-state index is -3.90. The molecule has 2 N–H and O–H groups in total. The molecule has 0 spiro atoms. The summed E-state index contributed by atoms with van der Waals surface area (Å²) in [5.41, 5.74) is 1.57. The third-order valence-corrected chi connectivity index (χ3v) is 8.30. The van der Waals surface area contributed by atoms with E-state index in [1.165, 1.54) is 28.6 Å². The molecule has 0 aliphatic carbocycles. The van der Waals surface area contributed by atoms with Crippen molar-refractivity contribution in [2.75, 3.05) is 26.6 Å². The minimum Gasteiger partial charge on any atom is -0.322 e. The third kappa shape index (κ3) is 5.15. The predicted molar refractivity (Wildman–Crippen MR) is 124 cm³/mol. The van der Waals surface area contributed by atoms with E-state index in [4.69, 9.17) is 0 Å². The summed E-state index contributed by atoms with van der Waals surface area (Å²) in [7, 11) is -7.17. The standard InChI is InChI=1S/C22H20FN3O5S2/c23-17-4-12-21(13-5-17)33(30,31)25-19-6-2-16(3-7-19)22(27)24-18-8-10-20(11-9-18)26-14-1-15-32(26,28)29/h2-13,25H,1,14-15H2,(H,24,27). The average molecular weight is 490 g/mol. The molecule has 3 aromatic rings. The highest BCUT2D eigenvalue weighted by Gasteiger charge is 2.28. The molecule has 0 radical (unpaired) electrons. The zero-order chi connectivity index (χ0) is 23.6. The fourth-order valence-corrected chi connectivity index (χ4v) is 5.98. The predicted octanol–water partition coefficient (Wildman–Crippen LogP) is 3.42. The molecule has 1 aliphatic heterocycles. The number of carbonyl (C=O) groups excluding carboxylic acids is 1. The van der Waals surface area contributed by atoms with Crippen molar-refractivity contribution >= 4 is 43.0 Å². The fourth-order valence-electron chi connectivity index (χ4n) is 3.36. The summed E-state index contributed by atoms with van der Waals surface area (Å²) in [6, 6.07) is 16.7. The lowest BCUT2D eigenvalue weighted by atomic mass is 10.2. The van der Waals surface area contributed by atoms with Crippen LogP contribution in [0, 0.1) is 5.82 Å². The molecular weight excluding hydrogens is 469 g/mol. The van der Waals surface area contributed by atoms with E-state index in [0.29, 0.717) is 29.9 Å². The normalized spacial score (nSPS) is 15.2. The van der Waals surface area contributed by atoms with E-state index in [-0.39, 0.29) is 16.3 Å². The van der Waals surface area contributed by atoms with E-state index < -0.39 is 31.8 Å². The maximum absolute atomic E-state index is 13.0. The summed E-state index contributed by atoms with van der Waals surface area (Å²) < 4.78 is 65.5. The first kappa shape index (κ1) is 22.7. The van der Waals surface area contributed by atoms with Crippen molar-refractivity contribution in [1.82, 2.24) is 0 Å². The number of anilines is 3.